The van der Waals surface area contributed by atoms with Crippen molar-refractivity contribution in [3.8, 4) is 0 Å². The van der Waals surface area contributed by atoms with Gasteiger partial charge in [-0.1, -0.05) is 87.7 Å². The molecule has 4 aromatic carbocycles. The molecule has 0 aliphatic carbocycles. The first-order valence-corrected chi connectivity index (χ1v) is 16.4. The van der Waals surface area contributed by atoms with Gasteiger partial charge < -0.3 is 10.2 Å². The number of likely N-dealkylation sites (N-methyl/N-ethyl adjacent to an activating group) is 1. The number of amides is 2. The minimum atomic E-state index is -4.17. The SMILES string of the molecule is CCNC(=O)C(Cc1ccccc1)N(Cc1cccc(Br)c1)C(=O)CN(c1ccc(Cl)cc1)S(=O)(=O)c1ccc(C)cc1. The lowest BCUT2D eigenvalue weighted by Gasteiger charge is -2.34. The van der Waals surface area contributed by atoms with Crippen molar-refractivity contribution in [3.05, 3.63) is 129 Å². The number of benzene rings is 4. The van der Waals surface area contributed by atoms with Gasteiger partial charge in [0.15, 0.2) is 0 Å². The topological polar surface area (TPSA) is 86.8 Å². The number of sulfonamides is 1. The number of aryl methyl sites for hydroxylation is 1. The van der Waals surface area contributed by atoms with E-state index in [1.54, 1.807) is 36.4 Å². The molecule has 0 fully saturated rings. The molecule has 0 saturated heterocycles. The van der Waals surface area contributed by atoms with E-state index in [1.807, 2.05) is 68.4 Å². The van der Waals surface area contributed by atoms with Crippen LogP contribution in [-0.4, -0.2) is 44.3 Å². The molecule has 0 spiro atoms. The van der Waals surface area contributed by atoms with Gasteiger partial charge in [0.25, 0.3) is 10.0 Å². The highest BCUT2D eigenvalue weighted by Gasteiger charge is 2.34. The van der Waals surface area contributed by atoms with Crippen molar-refractivity contribution >= 4 is 55.1 Å². The van der Waals surface area contributed by atoms with Crippen LogP contribution in [0.15, 0.2) is 112 Å². The van der Waals surface area contributed by atoms with E-state index < -0.39 is 28.5 Å². The maximum Gasteiger partial charge on any atom is 0.264 e. The summed E-state index contributed by atoms with van der Waals surface area (Å²) in [5.74, 6) is -0.855. The van der Waals surface area contributed by atoms with Crippen molar-refractivity contribution < 1.29 is 18.0 Å². The average Bonchev–Trinajstić information content (AvgIpc) is 2.99. The summed E-state index contributed by atoms with van der Waals surface area (Å²) in [5.41, 5.74) is 2.83. The number of hydrogen-bond acceptors (Lipinski definition) is 4. The van der Waals surface area contributed by atoms with Gasteiger partial charge in [-0.15, -0.1) is 0 Å². The minimum absolute atomic E-state index is 0.0453. The largest absolute Gasteiger partial charge is 0.355 e. The van der Waals surface area contributed by atoms with Gasteiger partial charge in [-0.2, -0.15) is 0 Å². The van der Waals surface area contributed by atoms with Crippen LogP contribution in [0.1, 0.15) is 23.6 Å². The quantitative estimate of drug-likeness (QED) is 0.188. The Kier molecular flexibility index (Phi) is 11.0. The van der Waals surface area contributed by atoms with E-state index in [9.17, 15) is 18.0 Å². The molecule has 10 heteroatoms. The first kappa shape index (κ1) is 32.3. The van der Waals surface area contributed by atoms with Crippen molar-refractivity contribution in [1.29, 1.82) is 0 Å². The van der Waals surface area contributed by atoms with Gasteiger partial charge in [0, 0.05) is 29.0 Å². The number of hydrogen-bond donors (Lipinski definition) is 1. The number of carbonyl (C=O) groups excluding carboxylic acids is 2. The number of nitrogens with zero attached hydrogens (tertiary/aromatic N) is 2. The molecular formula is C33H33BrClN3O4S. The standard InChI is InChI=1S/C33H33BrClN3O4S/c1-3-36-33(40)31(21-25-8-5-4-6-9-25)37(22-26-10-7-11-27(34)20-26)32(39)23-38(29-16-14-28(35)15-17-29)43(41,42)30-18-12-24(2)13-19-30/h4-20,31H,3,21-23H2,1-2H3,(H,36,40). The van der Waals surface area contributed by atoms with Crippen LogP contribution in [-0.2, 0) is 32.6 Å². The summed E-state index contributed by atoms with van der Waals surface area (Å²) in [6, 6.07) is 28.7. The van der Waals surface area contributed by atoms with Crippen molar-refractivity contribution in [2.45, 2.75) is 37.8 Å². The third-order valence-corrected chi connectivity index (χ3v) is 9.40. The summed E-state index contributed by atoms with van der Waals surface area (Å²) in [6.45, 7) is 3.61. The first-order chi connectivity index (χ1) is 20.6. The first-order valence-electron chi connectivity index (χ1n) is 13.8. The fraction of sp³-hybridized carbons (Fsp3) is 0.212. The zero-order valence-corrected chi connectivity index (χ0v) is 27.1. The van der Waals surface area contributed by atoms with Crippen molar-refractivity contribution in [2.24, 2.45) is 0 Å². The predicted molar refractivity (Wildman–Crippen MR) is 174 cm³/mol. The lowest BCUT2D eigenvalue weighted by Crippen LogP contribution is -2.53. The maximum absolute atomic E-state index is 14.4. The third-order valence-electron chi connectivity index (χ3n) is 6.87. The van der Waals surface area contributed by atoms with E-state index in [2.05, 4.69) is 21.2 Å². The molecule has 0 aromatic heterocycles. The molecule has 0 saturated carbocycles. The molecule has 0 bridgehead atoms. The fourth-order valence-electron chi connectivity index (χ4n) is 4.65. The Morgan fingerprint density at radius 2 is 1.53 bits per heavy atom. The second-order valence-electron chi connectivity index (χ2n) is 10.1. The van der Waals surface area contributed by atoms with Crippen LogP contribution in [0.5, 0.6) is 0 Å². The fourth-order valence-corrected chi connectivity index (χ4v) is 6.64. The van der Waals surface area contributed by atoms with E-state index in [0.29, 0.717) is 11.6 Å². The van der Waals surface area contributed by atoms with Crippen LogP contribution < -0.4 is 9.62 Å². The second kappa shape index (κ2) is 14.7. The number of anilines is 1. The highest BCUT2D eigenvalue weighted by atomic mass is 79.9. The Bertz CT molecular complexity index is 1650. The summed E-state index contributed by atoms with van der Waals surface area (Å²) >= 11 is 9.60. The number of nitrogens with one attached hydrogen (secondary N) is 1. The average molecular weight is 683 g/mol. The third kappa shape index (κ3) is 8.46. The van der Waals surface area contributed by atoms with Crippen molar-refractivity contribution in [3.63, 3.8) is 0 Å². The highest BCUT2D eigenvalue weighted by molar-refractivity contribution is 9.10. The molecule has 4 rings (SSSR count). The number of halogens is 2. The molecule has 1 unspecified atom stereocenters. The Morgan fingerprint density at radius 3 is 2.16 bits per heavy atom. The van der Waals surface area contributed by atoms with Crippen LogP contribution in [0.3, 0.4) is 0 Å². The van der Waals surface area contributed by atoms with E-state index in [0.717, 1.165) is 25.5 Å². The van der Waals surface area contributed by atoms with Gasteiger partial charge in [0.05, 0.1) is 10.6 Å². The lowest BCUT2D eigenvalue weighted by atomic mass is 10.0. The molecule has 1 N–H and O–H groups in total. The predicted octanol–water partition coefficient (Wildman–Crippen LogP) is 6.38. The van der Waals surface area contributed by atoms with Gasteiger partial charge in [0.1, 0.15) is 12.6 Å². The Hall–Kier alpha value is -3.66. The van der Waals surface area contributed by atoms with E-state index in [4.69, 9.17) is 11.6 Å². The monoisotopic (exact) mass is 681 g/mol. The molecule has 224 valence electrons. The minimum Gasteiger partial charge on any atom is -0.355 e. The van der Waals surface area contributed by atoms with Gasteiger partial charge in [-0.05, 0) is 73.5 Å². The Morgan fingerprint density at radius 1 is 0.884 bits per heavy atom. The summed E-state index contributed by atoms with van der Waals surface area (Å²) in [4.78, 5) is 29.4. The lowest BCUT2D eigenvalue weighted by molar-refractivity contribution is -0.140. The molecule has 0 aliphatic rings. The number of rotatable bonds is 12. The van der Waals surface area contributed by atoms with Crippen LogP contribution in [0.2, 0.25) is 5.02 Å². The molecular weight excluding hydrogens is 650 g/mol. The highest BCUT2D eigenvalue weighted by Crippen LogP contribution is 2.27. The molecule has 0 radical (unpaired) electrons. The Balaban J connectivity index is 1.79. The maximum atomic E-state index is 14.4. The van der Waals surface area contributed by atoms with Crippen LogP contribution >= 0.6 is 27.5 Å². The van der Waals surface area contributed by atoms with Gasteiger partial charge in [-0.25, -0.2) is 8.42 Å². The zero-order valence-electron chi connectivity index (χ0n) is 23.9. The van der Waals surface area contributed by atoms with Crippen LogP contribution in [0, 0.1) is 6.92 Å². The zero-order chi connectivity index (χ0) is 31.0. The van der Waals surface area contributed by atoms with Crippen LogP contribution in [0.4, 0.5) is 5.69 Å². The molecule has 0 heterocycles. The summed E-state index contributed by atoms with van der Waals surface area (Å²) in [7, 11) is -4.17. The van der Waals surface area contributed by atoms with Gasteiger partial charge in [0.2, 0.25) is 11.8 Å². The van der Waals surface area contributed by atoms with E-state index in [-0.39, 0.29) is 29.5 Å². The molecule has 2 amide bonds. The van der Waals surface area contributed by atoms with Crippen molar-refractivity contribution in [1.82, 2.24) is 10.2 Å². The summed E-state index contributed by atoms with van der Waals surface area (Å²) < 4.78 is 29.9. The smallest absolute Gasteiger partial charge is 0.264 e. The number of carbonyl (C=O) groups is 2. The van der Waals surface area contributed by atoms with Gasteiger partial charge in [-0.3, -0.25) is 13.9 Å². The molecule has 7 nitrogen and oxygen atoms in total. The van der Waals surface area contributed by atoms with Gasteiger partial charge >= 0.3 is 0 Å². The molecule has 0 aliphatic heterocycles. The normalized spacial score (nSPS) is 11.9. The van der Waals surface area contributed by atoms with Crippen LogP contribution in [0.25, 0.3) is 0 Å². The summed E-state index contributed by atoms with van der Waals surface area (Å²) in [5, 5.41) is 3.29. The van der Waals surface area contributed by atoms with E-state index in [1.165, 1.54) is 17.0 Å². The summed E-state index contributed by atoms with van der Waals surface area (Å²) in [6.07, 6.45) is 0.248. The molecule has 1 atom stereocenters. The Labute approximate surface area is 266 Å². The molecule has 43 heavy (non-hydrogen) atoms. The van der Waals surface area contributed by atoms with Crippen molar-refractivity contribution in [2.75, 3.05) is 17.4 Å². The van der Waals surface area contributed by atoms with E-state index >= 15 is 0 Å². The molecule has 4 aromatic rings. The second-order valence-corrected chi connectivity index (χ2v) is 13.3.